The molecule has 2 aliphatic heterocycles. The number of fused-ring (bicyclic) bond motifs is 2. The SMILES string of the molecule is COc1cc2c(cc1OC)C(C)(C)C=CN(CCCC1(c3ccccc3)COCc3ccccc31)C=C2. The number of ether oxygens (including phenoxy) is 3. The average Bonchev–Trinajstić information content (AvgIpc) is 2.93. The second-order valence-electron chi connectivity index (χ2n) is 10.6. The lowest BCUT2D eigenvalue weighted by atomic mass is 9.69. The maximum atomic E-state index is 6.19. The molecule has 0 amide bonds. The van der Waals surface area contributed by atoms with Crippen LogP contribution in [0, 0.1) is 0 Å². The van der Waals surface area contributed by atoms with Gasteiger partial charge in [-0.3, -0.25) is 0 Å². The first kappa shape index (κ1) is 25.2. The molecule has 1 atom stereocenters. The molecule has 0 aromatic heterocycles. The van der Waals surface area contributed by atoms with Crippen LogP contribution in [-0.2, 0) is 22.2 Å². The largest absolute Gasteiger partial charge is 0.493 e. The fourth-order valence-electron chi connectivity index (χ4n) is 5.77. The average molecular weight is 496 g/mol. The van der Waals surface area contributed by atoms with Crippen LogP contribution in [0.1, 0.15) is 54.5 Å². The van der Waals surface area contributed by atoms with Crippen molar-refractivity contribution < 1.29 is 14.2 Å². The van der Waals surface area contributed by atoms with Crippen molar-refractivity contribution in [1.82, 2.24) is 4.90 Å². The monoisotopic (exact) mass is 495 g/mol. The topological polar surface area (TPSA) is 30.9 Å². The third-order valence-corrected chi connectivity index (χ3v) is 7.86. The first-order chi connectivity index (χ1) is 18.0. The van der Waals surface area contributed by atoms with Gasteiger partial charge in [-0.25, -0.2) is 0 Å². The third-order valence-electron chi connectivity index (χ3n) is 7.86. The van der Waals surface area contributed by atoms with Crippen LogP contribution >= 0.6 is 0 Å². The van der Waals surface area contributed by atoms with Gasteiger partial charge in [0.25, 0.3) is 0 Å². The molecule has 0 radical (unpaired) electrons. The molecule has 37 heavy (non-hydrogen) atoms. The Hall–Kier alpha value is -3.50. The fourth-order valence-corrected chi connectivity index (χ4v) is 5.77. The molecule has 4 nitrogen and oxygen atoms in total. The molecule has 0 saturated heterocycles. The maximum absolute atomic E-state index is 6.19. The van der Waals surface area contributed by atoms with Gasteiger partial charge in [0.05, 0.1) is 27.4 Å². The van der Waals surface area contributed by atoms with E-state index in [9.17, 15) is 0 Å². The van der Waals surface area contributed by atoms with E-state index in [0.717, 1.165) is 36.4 Å². The zero-order chi connectivity index (χ0) is 25.9. The van der Waals surface area contributed by atoms with Crippen molar-refractivity contribution in [3.8, 4) is 11.5 Å². The molecule has 0 N–H and O–H groups in total. The number of hydrogen-bond donors (Lipinski definition) is 0. The zero-order valence-corrected chi connectivity index (χ0v) is 22.4. The molecule has 0 saturated carbocycles. The first-order valence-electron chi connectivity index (χ1n) is 13.1. The number of nitrogens with zero attached hydrogens (tertiary/aromatic N) is 1. The molecule has 0 aliphatic carbocycles. The highest BCUT2D eigenvalue weighted by Crippen LogP contribution is 2.42. The van der Waals surface area contributed by atoms with Crippen LogP contribution in [0.25, 0.3) is 6.08 Å². The summed E-state index contributed by atoms with van der Waals surface area (Å²) in [5.74, 6) is 1.51. The molecule has 0 fully saturated rings. The highest BCUT2D eigenvalue weighted by Gasteiger charge is 2.38. The van der Waals surface area contributed by atoms with Crippen LogP contribution in [0.5, 0.6) is 11.5 Å². The molecule has 4 heteroatoms. The second kappa shape index (κ2) is 10.5. The lowest BCUT2D eigenvalue weighted by Gasteiger charge is -2.40. The number of rotatable bonds is 7. The Morgan fingerprint density at radius 2 is 1.59 bits per heavy atom. The van der Waals surface area contributed by atoms with E-state index >= 15 is 0 Å². The Balaban J connectivity index is 1.40. The summed E-state index contributed by atoms with van der Waals surface area (Å²) in [5, 5.41) is 0. The van der Waals surface area contributed by atoms with E-state index in [1.807, 2.05) is 0 Å². The zero-order valence-electron chi connectivity index (χ0n) is 22.4. The molecular weight excluding hydrogens is 458 g/mol. The van der Waals surface area contributed by atoms with Crippen molar-refractivity contribution >= 4 is 6.08 Å². The van der Waals surface area contributed by atoms with E-state index < -0.39 is 0 Å². The van der Waals surface area contributed by atoms with Gasteiger partial charge in [-0.2, -0.15) is 0 Å². The summed E-state index contributed by atoms with van der Waals surface area (Å²) in [6, 6.07) is 23.8. The van der Waals surface area contributed by atoms with Crippen LogP contribution < -0.4 is 9.47 Å². The minimum atomic E-state index is -0.153. The quantitative estimate of drug-likeness (QED) is 0.350. The summed E-state index contributed by atoms with van der Waals surface area (Å²) in [7, 11) is 3.37. The molecule has 2 heterocycles. The van der Waals surface area contributed by atoms with Crippen LogP contribution in [0.15, 0.2) is 85.2 Å². The van der Waals surface area contributed by atoms with Gasteiger partial charge in [-0.05, 0) is 58.9 Å². The van der Waals surface area contributed by atoms with Crippen molar-refractivity contribution in [1.29, 1.82) is 0 Å². The van der Waals surface area contributed by atoms with Gasteiger partial charge in [-0.1, -0.05) is 74.5 Å². The van der Waals surface area contributed by atoms with E-state index in [0.29, 0.717) is 13.2 Å². The maximum Gasteiger partial charge on any atom is 0.161 e. The molecule has 3 aromatic rings. The number of benzene rings is 3. The van der Waals surface area contributed by atoms with E-state index in [4.69, 9.17) is 14.2 Å². The van der Waals surface area contributed by atoms with E-state index in [2.05, 4.69) is 110 Å². The molecule has 2 aliphatic rings. The molecular formula is C33H37NO3. The Morgan fingerprint density at radius 1 is 0.865 bits per heavy atom. The van der Waals surface area contributed by atoms with Crippen molar-refractivity contribution in [2.24, 2.45) is 0 Å². The van der Waals surface area contributed by atoms with Crippen LogP contribution in [0.3, 0.4) is 0 Å². The Labute approximate surface area is 221 Å². The van der Waals surface area contributed by atoms with Crippen LogP contribution in [-0.4, -0.2) is 32.3 Å². The van der Waals surface area contributed by atoms with E-state index in [1.54, 1.807) is 14.2 Å². The highest BCUT2D eigenvalue weighted by molar-refractivity contribution is 5.63. The van der Waals surface area contributed by atoms with Crippen molar-refractivity contribution in [2.45, 2.75) is 44.1 Å². The Bertz CT molecular complexity index is 1290. The summed E-state index contributed by atoms with van der Waals surface area (Å²) < 4.78 is 17.3. The molecule has 5 rings (SSSR count). The lowest BCUT2D eigenvalue weighted by Crippen LogP contribution is -2.38. The number of methoxy groups -OCH3 is 2. The van der Waals surface area contributed by atoms with Gasteiger partial charge in [0.1, 0.15) is 0 Å². The summed E-state index contributed by atoms with van der Waals surface area (Å²) in [6.07, 6.45) is 10.9. The Kier molecular flexibility index (Phi) is 7.12. The second-order valence-corrected chi connectivity index (χ2v) is 10.6. The summed E-state index contributed by atoms with van der Waals surface area (Å²) in [5.41, 5.74) is 6.11. The minimum Gasteiger partial charge on any atom is -0.493 e. The highest BCUT2D eigenvalue weighted by atomic mass is 16.5. The molecule has 192 valence electrons. The van der Waals surface area contributed by atoms with Crippen LogP contribution in [0.4, 0.5) is 0 Å². The molecule has 1 unspecified atom stereocenters. The van der Waals surface area contributed by atoms with Gasteiger partial charge in [-0.15, -0.1) is 0 Å². The first-order valence-corrected chi connectivity index (χ1v) is 13.1. The summed E-state index contributed by atoms with van der Waals surface area (Å²) >= 11 is 0. The standard InChI is InChI=1S/C33H37NO3/c1-32(2)17-20-34(19-15-25-21-30(35-3)31(36-4)22-29(25)32)18-10-16-33(27-12-6-5-7-13-27)24-37-23-26-11-8-9-14-28(26)33/h5-9,11-15,17,19-22H,10,16,18,23-24H2,1-4H3. The number of allylic oxidation sites excluding steroid dienone is 1. The van der Waals surface area contributed by atoms with Gasteiger partial charge in [0, 0.05) is 29.8 Å². The van der Waals surface area contributed by atoms with Crippen molar-refractivity contribution in [2.75, 3.05) is 27.4 Å². The van der Waals surface area contributed by atoms with E-state index in [1.165, 1.54) is 22.3 Å². The number of hydrogen-bond acceptors (Lipinski definition) is 4. The van der Waals surface area contributed by atoms with Crippen molar-refractivity contribution in [3.05, 3.63) is 113 Å². The van der Waals surface area contributed by atoms with E-state index in [-0.39, 0.29) is 10.8 Å². The van der Waals surface area contributed by atoms with Crippen LogP contribution in [0.2, 0.25) is 0 Å². The van der Waals surface area contributed by atoms with Gasteiger partial charge in [0.15, 0.2) is 11.5 Å². The molecule has 3 aromatic carbocycles. The summed E-state index contributed by atoms with van der Waals surface area (Å²) in [4.78, 5) is 2.30. The Morgan fingerprint density at radius 3 is 2.38 bits per heavy atom. The predicted molar refractivity (Wildman–Crippen MR) is 150 cm³/mol. The predicted octanol–water partition coefficient (Wildman–Crippen LogP) is 7.08. The normalized spacial score (nSPS) is 19.9. The van der Waals surface area contributed by atoms with Gasteiger partial charge >= 0.3 is 0 Å². The molecule has 0 bridgehead atoms. The fraction of sp³-hybridized carbons (Fsp3) is 0.333. The third kappa shape index (κ3) is 4.91. The summed E-state index contributed by atoms with van der Waals surface area (Å²) in [6.45, 7) is 6.80. The lowest BCUT2D eigenvalue weighted by molar-refractivity contribution is 0.0608. The van der Waals surface area contributed by atoms with Gasteiger partial charge in [0.2, 0.25) is 0 Å². The van der Waals surface area contributed by atoms with Crippen molar-refractivity contribution in [3.63, 3.8) is 0 Å². The smallest absolute Gasteiger partial charge is 0.161 e. The van der Waals surface area contributed by atoms with Gasteiger partial charge < -0.3 is 19.1 Å². The molecule has 0 spiro atoms. The minimum absolute atomic E-state index is 0.137.